The molecule has 0 saturated carbocycles. The molecule has 1 aliphatic heterocycles. The highest BCUT2D eigenvalue weighted by molar-refractivity contribution is 5.92. The first-order valence-electron chi connectivity index (χ1n) is 7.16. The molecule has 0 spiro atoms. The first-order valence-corrected chi connectivity index (χ1v) is 7.16. The van der Waals surface area contributed by atoms with Crippen LogP contribution in [0, 0.1) is 0 Å². The quantitative estimate of drug-likeness (QED) is 0.756. The fourth-order valence-electron chi connectivity index (χ4n) is 2.72. The largest absolute Gasteiger partial charge is 0.497 e. The topological polar surface area (TPSA) is 37.7 Å². The SMILES string of the molecule is COc1ccc2c(ccn2C(=O)N2CCN(C(F)(F)F)CC2)c1. The van der Waals surface area contributed by atoms with Crippen molar-refractivity contribution in [2.45, 2.75) is 6.30 Å². The van der Waals surface area contributed by atoms with Gasteiger partial charge in [-0.2, -0.15) is 13.2 Å². The van der Waals surface area contributed by atoms with Crippen molar-refractivity contribution in [3.05, 3.63) is 30.5 Å². The van der Waals surface area contributed by atoms with E-state index in [-0.39, 0.29) is 32.2 Å². The lowest BCUT2D eigenvalue weighted by Crippen LogP contribution is -2.54. The summed E-state index contributed by atoms with van der Waals surface area (Å²) in [6, 6.07) is 6.78. The molecule has 0 bridgehead atoms. The van der Waals surface area contributed by atoms with Gasteiger partial charge in [-0.3, -0.25) is 4.57 Å². The molecule has 0 radical (unpaired) electrons. The zero-order chi connectivity index (χ0) is 16.6. The van der Waals surface area contributed by atoms with E-state index in [0.29, 0.717) is 16.2 Å². The summed E-state index contributed by atoms with van der Waals surface area (Å²) in [5.74, 6) is 0.682. The van der Waals surface area contributed by atoms with Gasteiger partial charge >= 0.3 is 12.3 Å². The number of amides is 1. The molecule has 1 aromatic carbocycles. The molecule has 0 aliphatic carbocycles. The molecule has 0 N–H and O–H groups in total. The van der Waals surface area contributed by atoms with E-state index in [0.717, 1.165) is 5.39 Å². The van der Waals surface area contributed by atoms with Gasteiger partial charge in [0.25, 0.3) is 0 Å². The van der Waals surface area contributed by atoms with E-state index < -0.39 is 6.30 Å². The Morgan fingerprint density at radius 2 is 1.83 bits per heavy atom. The van der Waals surface area contributed by atoms with Crippen molar-refractivity contribution in [3.8, 4) is 5.75 Å². The number of hydrogen-bond donors (Lipinski definition) is 0. The highest BCUT2D eigenvalue weighted by Gasteiger charge is 2.39. The maximum absolute atomic E-state index is 12.6. The molecule has 1 fully saturated rings. The molecule has 1 saturated heterocycles. The molecule has 23 heavy (non-hydrogen) atoms. The Hall–Kier alpha value is -2.22. The van der Waals surface area contributed by atoms with Crippen LogP contribution in [0.3, 0.4) is 0 Å². The minimum absolute atomic E-state index is 0.0498. The summed E-state index contributed by atoms with van der Waals surface area (Å²) in [4.78, 5) is 14.4. The second-order valence-electron chi connectivity index (χ2n) is 5.33. The Morgan fingerprint density at radius 1 is 1.13 bits per heavy atom. The molecular formula is C15H16F3N3O2. The zero-order valence-corrected chi connectivity index (χ0v) is 12.5. The Balaban J connectivity index is 1.77. The van der Waals surface area contributed by atoms with Crippen molar-refractivity contribution >= 4 is 16.9 Å². The van der Waals surface area contributed by atoms with Crippen LogP contribution in [0.25, 0.3) is 10.9 Å². The monoisotopic (exact) mass is 327 g/mol. The number of nitrogens with zero attached hydrogens (tertiary/aromatic N) is 3. The van der Waals surface area contributed by atoms with E-state index in [9.17, 15) is 18.0 Å². The zero-order valence-electron chi connectivity index (χ0n) is 12.5. The van der Waals surface area contributed by atoms with Crippen LogP contribution in [0.5, 0.6) is 5.75 Å². The summed E-state index contributed by atoms with van der Waals surface area (Å²) >= 11 is 0. The molecule has 3 rings (SSSR count). The minimum atomic E-state index is -4.34. The Kier molecular flexibility index (Phi) is 3.93. The molecule has 1 aromatic heterocycles. The molecule has 1 aliphatic rings. The van der Waals surface area contributed by atoms with E-state index in [1.54, 1.807) is 37.6 Å². The maximum Gasteiger partial charge on any atom is 0.460 e. The van der Waals surface area contributed by atoms with Gasteiger partial charge in [0.1, 0.15) is 5.75 Å². The van der Waals surface area contributed by atoms with E-state index in [1.165, 1.54) is 9.47 Å². The molecule has 0 atom stereocenters. The number of alkyl halides is 3. The van der Waals surface area contributed by atoms with Crippen molar-refractivity contribution in [1.29, 1.82) is 0 Å². The van der Waals surface area contributed by atoms with Crippen LogP contribution in [0.2, 0.25) is 0 Å². The number of aromatic nitrogens is 1. The van der Waals surface area contributed by atoms with Crippen LogP contribution in [0.4, 0.5) is 18.0 Å². The van der Waals surface area contributed by atoms with E-state index in [2.05, 4.69) is 0 Å². The number of carbonyl (C=O) groups excluding carboxylic acids is 1. The number of fused-ring (bicyclic) bond motifs is 1. The fraction of sp³-hybridized carbons (Fsp3) is 0.400. The van der Waals surface area contributed by atoms with Gasteiger partial charge in [-0.15, -0.1) is 0 Å². The number of ether oxygens (including phenoxy) is 1. The standard InChI is InChI=1S/C15H16F3N3O2/c1-23-12-2-3-13-11(10-12)4-5-21(13)14(22)19-6-8-20(9-7-19)15(16,17)18/h2-5,10H,6-9H2,1H3. The predicted octanol–water partition coefficient (Wildman–Crippen LogP) is 2.76. The molecule has 124 valence electrons. The van der Waals surface area contributed by atoms with Gasteiger partial charge in [-0.25, -0.2) is 9.69 Å². The molecule has 2 aromatic rings. The van der Waals surface area contributed by atoms with Gasteiger partial charge < -0.3 is 9.64 Å². The number of methoxy groups -OCH3 is 1. The number of halogens is 3. The first-order chi connectivity index (χ1) is 10.9. The number of rotatable bonds is 1. The van der Waals surface area contributed by atoms with Crippen LogP contribution in [0.1, 0.15) is 0 Å². The van der Waals surface area contributed by atoms with E-state index in [4.69, 9.17) is 4.74 Å². The summed E-state index contributed by atoms with van der Waals surface area (Å²) in [5, 5.41) is 0.839. The highest BCUT2D eigenvalue weighted by atomic mass is 19.4. The van der Waals surface area contributed by atoms with Gasteiger partial charge in [0.15, 0.2) is 0 Å². The van der Waals surface area contributed by atoms with E-state index >= 15 is 0 Å². The van der Waals surface area contributed by atoms with Crippen molar-refractivity contribution < 1.29 is 22.7 Å². The maximum atomic E-state index is 12.6. The average molecular weight is 327 g/mol. The van der Waals surface area contributed by atoms with Gasteiger partial charge in [-0.05, 0) is 24.3 Å². The number of hydrogen-bond acceptors (Lipinski definition) is 3. The molecule has 8 heteroatoms. The first kappa shape index (κ1) is 15.7. The average Bonchev–Trinajstić information content (AvgIpc) is 2.96. The van der Waals surface area contributed by atoms with Crippen LogP contribution in [-0.2, 0) is 0 Å². The Morgan fingerprint density at radius 3 is 2.43 bits per heavy atom. The van der Waals surface area contributed by atoms with Crippen LogP contribution in [-0.4, -0.2) is 60.0 Å². The van der Waals surface area contributed by atoms with Gasteiger partial charge in [0.05, 0.1) is 12.6 Å². The smallest absolute Gasteiger partial charge is 0.460 e. The molecular weight excluding hydrogens is 311 g/mol. The third-order valence-electron chi connectivity index (χ3n) is 4.01. The van der Waals surface area contributed by atoms with Gasteiger partial charge in [-0.1, -0.05) is 0 Å². The predicted molar refractivity (Wildman–Crippen MR) is 78.5 cm³/mol. The third kappa shape index (κ3) is 2.98. The van der Waals surface area contributed by atoms with Gasteiger partial charge in [0.2, 0.25) is 0 Å². The molecule has 5 nitrogen and oxygen atoms in total. The van der Waals surface area contributed by atoms with Crippen molar-refractivity contribution in [2.75, 3.05) is 33.3 Å². The summed E-state index contributed by atoms with van der Waals surface area (Å²) in [5.41, 5.74) is 0.703. The Bertz CT molecular complexity index is 718. The second-order valence-corrected chi connectivity index (χ2v) is 5.33. The van der Waals surface area contributed by atoms with Crippen molar-refractivity contribution in [3.63, 3.8) is 0 Å². The molecule has 0 unspecified atom stereocenters. The van der Waals surface area contributed by atoms with Gasteiger partial charge in [0, 0.05) is 37.8 Å². The van der Waals surface area contributed by atoms with E-state index in [1.807, 2.05) is 0 Å². The molecule has 2 heterocycles. The Labute approximate surface area is 130 Å². The minimum Gasteiger partial charge on any atom is -0.497 e. The summed E-state index contributed by atoms with van der Waals surface area (Å²) in [6.07, 6.45) is -2.71. The lowest BCUT2D eigenvalue weighted by Gasteiger charge is -2.35. The summed E-state index contributed by atoms with van der Waals surface area (Å²) in [6.45, 7) is -0.313. The lowest BCUT2D eigenvalue weighted by molar-refractivity contribution is -0.250. The molecule has 1 amide bonds. The number of carbonyl (C=O) groups is 1. The normalized spacial score (nSPS) is 16.8. The number of piperazine rings is 1. The summed E-state index contributed by atoms with van der Waals surface area (Å²) < 4.78 is 44.5. The highest BCUT2D eigenvalue weighted by Crippen LogP contribution is 2.24. The second kappa shape index (κ2) is 5.77. The van der Waals surface area contributed by atoms with Crippen LogP contribution < -0.4 is 4.74 Å². The van der Waals surface area contributed by atoms with Crippen molar-refractivity contribution in [1.82, 2.24) is 14.4 Å². The van der Waals surface area contributed by atoms with Crippen molar-refractivity contribution in [2.24, 2.45) is 0 Å². The van der Waals surface area contributed by atoms with Crippen LogP contribution in [0.15, 0.2) is 30.5 Å². The van der Waals surface area contributed by atoms with Crippen LogP contribution >= 0.6 is 0 Å². The lowest BCUT2D eigenvalue weighted by atomic mass is 10.2. The number of benzene rings is 1. The summed E-state index contributed by atoms with van der Waals surface area (Å²) in [7, 11) is 1.56. The fourth-order valence-corrected chi connectivity index (χ4v) is 2.72. The third-order valence-corrected chi connectivity index (χ3v) is 4.01.